The molecule has 1 aliphatic rings. The first-order chi connectivity index (χ1) is 8.83. The lowest BCUT2D eigenvalue weighted by Crippen LogP contribution is -2.48. The SMILES string of the molecule is C[C@H]1CN(Cc2cn[nH]c2-c2ccsc2)CCN1. The maximum Gasteiger partial charge on any atom is 0.0703 e. The van der Waals surface area contributed by atoms with Crippen molar-refractivity contribution in [2.75, 3.05) is 19.6 Å². The molecule has 3 rings (SSSR count). The first-order valence-corrected chi connectivity index (χ1v) is 7.28. The molecule has 2 N–H and O–H groups in total. The van der Waals surface area contributed by atoms with E-state index in [1.54, 1.807) is 11.3 Å². The van der Waals surface area contributed by atoms with Crippen molar-refractivity contribution in [1.82, 2.24) is 20.4 Å². The molecule has 1 atom stereocenters. The molecule has 0 amide bonds. The van der Waals surface area contributed by atoms with Crippen LogP contribution in [0.25, 0.3) is 11.3 Å². The summed E-state index contributed by atoms with van der Waals surface area (Å²) in [5.74, 6) is 0. The number of aromatic nitrogens is 2. The van der Waals surface area contributed by atoms with Crippen LogP contribution in [0.4, 0.5) is 0 Å². The van der Waals surface area contributed by atoms with Gasteiger partial charge in [-0.2, -0.15) is 16.4 Å². The van der Waals surface area contributed by atoms with Crippen LogP contribution >= 0.6 is 11.3 Å². The minimum absolute atomic E-state index is 0.579. The Hall–Kier alpha value is -1.17. The molecule has 0 unspecified atom stereocenters. The molecule has 18 heavy (non-hydrogen) atoms. The number of H-pyrrole nitrogens is 1. The normalized spacial score (nSPS) is 21.3. The Labute approximate surface area is 111 Å². The van der Waals surface area contributed by atoms with Crippen LogP contribution < -0.4 is 5.32 Å². The van der Waals surface area contributed by atoms with Crippen molar-refractivity contribution in [3.8, 4) is 11.3 Å². The molecular formula is C13H18N4S. The van der Waals surface area contributed by atoms with Gasteiger partial charge in [-0.05, 0) is 18.4 Å². The average Bonchev–Trinajstić information content (AvgIpc) is 2.98. The highest BCUT2D eigenvalue weighted by Gasteiger charge is 2.18. The van der Waals surface area contributed by atoms with Gasteiger partial charge in [-0.3, -0.25) is 10.00 Å². The summed E-state index contributed by atoms with van der Waals surface area (Å²) in [6.45, 7) is 6.51. The Morgan fingerprint density at radius 2 is 2.50 bits per heavy atom. The van der Waals surface area contributed by atoms with Crippen LogP contribution in [0.15, 0.2) is 23.0 Å². The summed E-state index contributed by atoms with van der Waals surface area (Å²) in [6.07, 6.45) is 1.96. The minimum atomic E-state index is 0.579. The molecular weight excluding hydrogens is 244 g/mol. The molecule has 0 bridgehead atoms. The van der Waals surface area contributed by atoms with Gasteiger partial charge in [0.1, 0.15) is 0 Å². The molecule has 0 radical (unpaired) electrons. The Balaban J connectivity index is 1.75. The summed E-state index contributed by atoms with van der Waals surface area (Å²) in [5.41, 5.74) is 3.71. The van der Waals surface area contributed by atoms with E-state index in [2.05, 4.69) is 44.2 Å². The third-order valence-electron chi connectivity index (χ3n) is 3.37. The standard InChI is InChI=1S/C13H18N4S/c1-10-7-17(4-3-14-10)8-12-6-15-16-13(12)11-2-5-18-9-11/h2,5-6,9-10,14H,3-4,7-8H2,1H3,(H,15,16)/t10-/m0/s1. The van der Waals surface area contributed by atoms with Crippen molar-refractivity contribution in [2.45, 2.75) is 19.5 Å². The van der Waals surface area contributed by atoms with Crippen LogP contribution in [-0.2, 0) is 6.54 Å². The van der Waals surface area contributed by atoms with Gasteiger partial charge >= 0.3 is 0 Å². The largest absolute Gasteiger partial charge is 0.312 e. The highest BCUT2D eigenvalue weighted by atomic mass is 32.1. The summed E-state index contributed by atoms with van der Waals surface area (Å²) in [4.78, 5) is 2.49. The van der Waals surface area contributed by atoms with E-state index in [-0.39, 0.29) is 0 Å². The van der Waals surface area contributed by atoms with Crippen LogP contribution in [0.5, 0.6) is 0 Å². The van der Waals surface area contributed by atoms with Gasteiger partial charge in [-0.25, -0.2) is 0 Å². The predicted octanol–water partition coefficient (Wildman–Crippen LogP) is 1.93. The molecule has 0 aliphatic carbocycles. The van der Waals surface area contributed by atoms with Gasteiger partial charge in [0.15, 0.2) is 0 Å². The van der Waals surface area contributed by atoms with E-state index in [1.807, 2.05) is 6.20 Å². The molecule has 96 valence electrons. The maximum absolute atomic E-state index is 4.20. The monoisotopic (exact) mass is 262 g/mol. The quantitative estimate of drug-likeness (QED) is 0.888. The summed E-state index contributed by atoms with van der Waals surface area (Å²) >= 11 is 1.72. The van der Waals surface area contributed by atoms with Crippen molar-refractivity contribution in [2.24, 2.45) is 0 Å². The zero-order chi connectivity index (χ0) is 12.4. The number of rotatable bonds is 3. The second-order valence-corrected chi connectivity index (χ2v) is 5.65. The van der Waals surface area contributed by atoms with Crippen LogP contribution in [0, 0.1) is 0 Å². The summed E-state index contributed by atoms with van der Waals surface area (Å²) in [7, 11) is 0. The number of nitrogens with one attached hydrogen (secondary N) is 2. The summed E-state index contributed by atoms with van der Waals surface area (Å²) in [6, 6.07) is 2.72. The molecule has 0 saturated carbocycles. The van der Waals surface area contributed by atoms with Gasteiger partial charge < -0.3 is 5.32 Å². The molecule has 4 nitrogen and oxygen atoms in total. The molecule has 0 spiro atoms. The van der Waals surface area contributed by atoms with Gasteiger partial charge in [0, 0.05) is 48.7 Å². The van der Waals surface area contributed by atoms with E-state index >= 15 is 0 Å². The first kappa shape index (κ1) is 11.9. The molecule has 3 heterocycles. The van der Waals surface area contributed by atoms with E-state index in [4.69, 9.17) is 0 Å². The van der Waals surface area contributed by atoms with E-state index in [0.29, 0.717) is 6.04 Å². The highest BCUT2D eigenvalue weighted by Crippen LogP contribution is 2.24. The number of hydrogen-bond donors (Lipinski definition) is 2. The van der Waals surface area contributed by atoms with Gasteiger partial charge in [-0.1, -0.05) is 0 Å². The van der Waals surface area contributed by atoms with Crippen molar-refractivity contribution in [1.29, 1.82) is 0 Å². The second-order valence-electron chi connectivity index (χ2n) is 4.87. The number of piperazine rings is 1. The second kappa shape index (κ2) is 5.22. The Morgan fingerprint density at radius 3 is 3.28 bits per heavy atom. The van der Waals surface area contributed by atoms with Crippen LogP contribution in [0.1, 0.15) is 12.5 Å². The van der Waals surface area contributed by atoms with Crippen molar-refractivity contribution in [3.05, 3.63) is 28.6 Å². The van der Waals surface area contributed by atoms with Crippen molar-refractivity contribution >= 4 is 11.3 Å². The lowest BCUT2D eigenvalue weighted by Gasteiger charge is -2.31. The van der Waals surface area contributed by atoms with E-state index < -0.39 is 0 Å². The summed E-state index contributed by atoms with van der Waals surface area (Å²) < 4.78 is 0. The van der Waals surface area contributed by atoms with E-state index in [1.165, 1.54) is 16.8 Å². The zero-order valence-corrected chi connectivity index (χ0v) is 11.3. The molecule has 0 aromatic carbocycles. The number of thiophene rings is 1. The van der Waals surface area contributed by atoms with Gasteiger partial charge in [0.2, 0.25) is 0 Å². The Morgan fingerprint density at radius 1 is 1.56 bits per heavy atom. The topological polar surface area (TPSA) is 44.0 Å². The third kappa shape index (κ3) is 2.48. The molecule has 2 aromatic rings. The van der Waals surface area contributed by atoms with Crippen LogP contribution in [0.3, 0.4) is 0 Å². The Kier molecular flexibility index (Phi) is 3.45. The van der Waals surface area contributed by atoms with Gasteiger partial charge in [0.25, 0.3) is 0 Å². The number of nitrogens with zero attached hydrogens (tertiary/aromatic N) is 2. The smallest absolute Gasteiger partial charge is 0.0703 e. The summed E-state index contributed by atoms with van der Waals surface area (Å²) in [5, 5.41) is 15.1. The van der Waals surface area contributed by atoms with Crippen LogP contribution in [0.2, 0.25) is 0 Å². The van der Waals surface area contributed by atoms with Crippen LogP contribution in [-0.4, -0.2) is 40.8 Å². The first-order valence-electron chi connectivity index (χ1n) is 6.33. The predicted molar refractivity (Wildman–Crippen MR) is 74.6 cm³/mol. The van der Waals surface area contributed by atoms with Crippen molar-refractivity contribution < 1.29 is 0 Å². The lowest BCUT2D eigenvalue weighted by atomic mass is 10.1. The third-order valence-corrected chi connectivity index (χ3v) is 4.06. The fourth-order valence-electron chi connectivity index (χ4n) is 2.48. The maximum atomic E-state index is 4.20. The lowest BCUT2D eigenvalue weighted by molar-refractivity contribution is 0.200. The van der Waals surface area contributed by atoms with Gasteiger partial charge in [-0.15, -0.1) is 0 Å². The zero-order valence-electron chi connectivity index (χ0n) is 10.5. The number of hydrogen-bond acceptors (Lipinski definition) is 4. The number of aromatic amines is 1. The molecule has 1 aliphatic heterocycles. The van der Waals surface area contributed by atoms with E-state index in [0.717, 1.165) is 26.2 Å². The average molecular weight is 262 g/mol. The Bertz CT molecular complexity index is 491. The molecule has 1 saturated heterocycles. The van der Waals surface area contributed by atoms with Crippen molar-refractivity contribution in [3.63, 3.8) is 0 Å². The highest BCUT2D eigenvalue weighted by molar-refractivity contribution is 7.08. The molecule has 5 heteroatoms. The fourth-order valence-corrected chi connectivity index (χ4v) is 3.13. The molecule has 1 fully saturated rings. The fraction of sp³-hybridized carbons (Fsp3) is 0.462. The van der Waals surface area contributed by atoms with E-state index in [9.17, 15) is 0 Å². The minimum Gasteiger partial charge on any atom is -0.312 e. The molecule has 2 aromatic heterocycles. The van der Waals surface area contributed by atoms with Gasteiger partial charge in [0.05, 0.1) is 11.9 Å².